The van der Waals surface area contributed by atoms with Crippen LogP contribution in [0.15, 0.2) is 29.4 Å². The van der Waals surface area contributed by atoms with Crippen LogP contribution in [0.4, 0.5) is 5.69 Å². The Hall–Kier alpha value is -1.95. The number of fused-ring (bicyclic) bond motifs is 2. The fourth-order valence-corrected chi connectivity index (χ4v) is 3.46. The largest absolute Gasteiger partial charge is 0.365 e. The van der Waals surface area contributed by atoms with Gasteiger partial charge in [-0.25, -0.2) is 4.79 Å². The number of non-ortho nitro benzene ring substituents is 1. The Morgan fingerprint density at radius 2 is 2.05 bits per heavy atom. The lowest BCUT2D eigenvalue weighted by Crippen LogP contribution is -2.23. The molecule has 0 amide bonds. The van der Waals surface area contributed by atoms with E-state index < -0.39 is 10.9 Å². The van der Waals surface area contributed by atoms with Crippen molar-refractivity contribution < 1.29 is 14.6 Å². The van der Waals surface area contributed by atoms with E-state index in [0.29, 0.717) is 11.8 Å². The van der Waals surface area contributed by atoms with E-state index in [0.717, 1.165) is 25.0 Å². The molecule has 3 rings (SSSR count). The molecule has 21 heavy (non-hydrogen) atoms. The molecule has 0 radical (unpaired) electrons. The lowest BCUT2D eigenvalue weighted by atomic mass is 9.98. The summed E-state index contributed by atoms with van der Waals surface area (Å²) >= 11 is 6.26. The summed E-state index contributed by atoms with van der Waals surface area (Å²) in [5.41, 5.74) is 0.897. The summed E-state index contributed by atoms with van der Waals surface area (Å²) in [5, 5.41) is 14.3. The summed E-state index contributed by atoms with van der Waals surface area (Å²) in [6, 6.07) is 5.20. The SMILES string of the molecule is O=C(ON=C1C2CCC(C2)C1Cl)c1ccc([N+](=O)[O-])cc1. The highest BCUT2D eigenvalue weighted by molar-refractivity contribution is 6.33. The Kier molecular flexibility index (Phi) is 3.63. The number of nitro benzene ring substituents is 1. The van der Waals surface area contributed by atoms with Crippen LogP contribution in [0.5, 0.6) is 0 Å². The summed E-state index contributed by atoms with van der Waals surface area (Å²) < 4.78 is 0. The minimum absolute atomic E-state index is 0.0770. The lowest BCUT2D eigenvalue weighted by molar-refractivity contribution is -0.384. The van der Waals surface area contributed by atoms with E-state index in [1.807, 2.05) is 0 Å². The van der Waals surface area contributed by atoms with Crippen molar-refractivity contribution in [3.05, 3.63) is 39.9 Å². The van der Waals surface area contributed by atoms with Gasteiger partial charge in [0, 0.05) is 18.1 Å². The topological polar surface area (TPSA) is 81.8 Å². The molecule has 6 nitrogen and oxygen atoms in total. The number of alkyl halides is 1. The Morgan fingerprint density at radius 1 is 1.33 bits per heavy atom. The van der Waals surface area contributed by atoms with Gasteiger partial charge < -0.3 is 4.84 Å². The van der Waals surface area contributed by atoms with Crippen molar-refractivity contribution in [2.24, 2.45) is 17.0 Å². The van der Waals surface area contributed by atoms with Crippen LogP contribution in [0.1, 0.15) is 29.6 Å². The van der Waals surface area contributed by atoms with Crippen LogP contribution in [0, 0.1) is 22.0 Å². The van der Waals surface area contributed by atoms with E-state index in [-0.39, 0.29) is 16.6 Å². The number of nitro groups is 1. The molecule has 1 aromatic carbocycles. The fourth-order valence-electron chi connectivity index (χ4n) is 3.01. The van der Waals surface area contributed by atoms with E-state index in [4.69, 9.17) is 16.4 Å². The molecule has 2 fully saturated rings. The summed E-state index contributed by atoms with van der Waals surface area (Å²) in [4.78, 5) is 26.8. The first-order valence-corrected chi connectivity index (χ1v) is 7.17. The van der Waals surface area contributed by atoms with E-state index >= 15 is 0 Å². The molecule has 0 saturated heterocycles. The third-order valence-electron chi connectivity index (χ3n) is 4.14. The molecule has 2 aliphatic carbocycles. The van der Waals surface area contributed by atoms with E-state index in [1.165, 1.54) is 24.3 Å². The number of nitrogens with zero attached hydrogens (tertiary/aromatic N) is 2. The van der Waals surface area contributed by atoms with Crippen LogP contribution < -0.4 is 0 Å². The smallest absolute Gasteiger partial charge is 0.313 e. The third-order valence-corrected chi connectivity index (χ3v) is 4.72. The average Bonchev–Trinajstić information content (AvgIpc) is 3.06. The second kappa shape index (κ2) is 5.44. The number of halogens is 1. The first kappa shape index (κ1) is 14.0. The number of carbonyl (C=O) groups excluding carboxylic acids is 1. The van der Waals surface area contributed by atoms with Gasteiger partial charge in [-0.15, -0.1) is 11.6 Å². The van der Waals surface area contributed by atoms with Gasteiger partial charge in [0.2, 0.25) is 0 Å². The molecule has 0 aliphatic heterocycles. The molecule has 2 aliphatic rings. The van der Waals surface area contributed by atoms with Crippen LogP contribution in [0.25, 0.3) is 0 Å². The second-order valence-corrected chi connectivity index (χ2v) is 5.84. The lowest BCUT2D eigenvalue weighted by Gasteiger charge is -2.16. The van der Waals surface area contributed by atoms with Gasteiger partial charge in [0.05, 0.1) is 21.6 Å². The Morgan fingerprint density at radius 3 is 2.62 bits per heavy atom. The highest BCUT2D eigenvalue weighted by Crippen LogP contribution is 2.45. The molecule has 110 valence electrons. The Labute approximate surface area is 125 Å². The normalized spacial score (nSPS) is 28.8. The van der Waals surface area contributed by atoms with Crippen molar-refractivity contribution in [1.82, 2.24) is 0 Å². The van der Waals surface area contributed by atoms with Crippen molar-refractivity contribution in [2.45, 2.75) is 24.6 Å². The summed E-state index contributed by atoms with van der Waals surface area (Å²) in [6.45, 7) is 0. The van der Waals surface area contributed by atoms with Crippen molar-refractivity contribution in [3.8, 4) is 0 Å². The fraction of sp³-hybridized carbons (Fsp3) is 0.429. The molecular weight excluding hydrogens is 296 g/mol. The third kappa shape index (κ3) is 2.63. The van der Waals surface area contributed by atoms with E-state index in [1.54, 1.807) is 0 Å². The molecular formula is C14H13ClN2O4. The summed E-state index contributed by atoms with van der Waals surface area (Å²) in [7, 11) is 0. The van der Waals surface area contributed by atoms with Gasteiger partial charge >= 0.3 is 5.97 Å². The molecule has 0 heterocycles. The first-order valence-electron chi connectivity index (χ1n) is 6.74. The molecule has 0 spiro atoms. The van der Waals surface area contributed by atoms with Gasteiger partial charge in [-0.05, 0) is 37.3 Å². The minimum atomic E-state index is -0.635. The van der Waals surface area contributed by atoms with E-state index in [9.17, 15) is 14.9 Å². The number of benzene rings is 1. The molecule has 2 saturated carbocycles. The highest BCUT2D eigenvalue weighted by atomic mass is 35.5. The Balaban J connectivity index is 1.68. The van der Waals surface area contributed by atoms with Crippen LogP contribution >= 0.6 is 11.6 Å². The standard InChI is InChI=1S/C14H13ClN2O4/c15-12-9-1-2-10(7-9)13(12)16-21-14(18)8-3-5-11(6-4-8)17(19)20/h3-6,9-10,12H,1-2,7H2. The highest BCUT2D eigenvalue weighted by Gasteiger charge is 2.44. The minimum Gasteiger partial charge on any atom is -0.313 e. The number of carbonyl (C=O) groups is 1. The molecule has 7 heteroatoms. The maximum atomic E-state index is 11.9. The molecule has 0 N–H and O–H groups in total. The van der Waals surface area contributed by atoms with Crippen molar-refractivity contribution in [2.75, 3.05) is 0 Å². The molecule has 1 aromatic rings. The molecule has 2 bridgehead atoms. The maximum absolute atomic E-state index is 11.9. The monoisotopic (exact) mass is 308 g/mol. The second-order valence-electron chi connectivity index (χ2n) is 5.37. The van der Waals surface area contributed by atoms with Gasteiger partial charge in [0.1, 0.15) is 0 Å². The zero-order chi connectivity index (χ0) is 15.0. The summed E-state index contributed by atoms with van der Waals surface area (Å²) in [5.74, 6) is 0.125. The zero-order valence-corrected chi connectivity index (χ0v) is 11.8. The van der Waals surface area contributed by atoms with Gasteiger partial charge in [-0.2, -0.15) is 0 Å². The average molecular weight is 309 g/mol. The van der Waals surface area contributed by atoms with Crippen molar-refractivity contribution in [1.29, 1.82) is 0 Å². The van der Waals surface area contributed by atoms with Crippen molar-refractivity contribution >= 4 is 29.0 Å². The van der Waals surface area contributed by atoms with E-state index in [2.05, 4.69) is 5.16 Å². The van der Waals surface area contributed by atoms with Gasteiger partial charge in [-0.1, -0.05) is 5.16 Å². The van der Waals surface area contributed by atoms with Gasteiger partial charge in [0.25, 0.3) is 5.69 Å². The number of rotatable bonds is 3. The van der Waals surface area contributed by atoms with Crippen LogP contribution in [-0.4, -0.2) is 22.0 Å². The molecule has 0 aromatic heterocycles. The van der Waals surface area contributed by atoms with Crippen LogP contribution in [0.3, 0.4) is 0 Å². The van der Waals surface area contributed by atoms with Crippen LogP contribution in [-0.2, 0) is 4.84 Å². The predicted octanol–water partition coefficient (Wildman–Crippen LogP) is 3.14. The number of hydrogen-bond acceptors (Lipinski definition) is 5. The number of hydrogen-bond donors (Lipinski definition) is 0. The zero-order valence-electron chi connectivity index (χ0n) is 11.1. The first-order chi connectivity index (χ1) is 10.1. The molecule has 3 atom stereocenters. The molecule has 3 unspecified atom stereocenters. The van der Waals surface area contributed by atoms with Crippen molar-refractivity contribution in [3.63, 3.8) is 0 Å². The summed E-state index contributed by atoms with van der Waals surface area (Å²) in [6.07, 6.45) is 3.16. The number of oxime groups is 1. The maximum Gasteiger partial charge on any atom is 0.365 e. The van der Waals surface area contributed by atoms with Gasteiger partial charge in [-0.3, -0.25) is 10.1 Å². The predicted molar refractivity (Wildman–Crippen MR) is 76.4 cm³/mol. The quantitative estimate of drug-likeness (QED) is 0.372. The van der Waals surface area contributed by atoms with Crippen LogP contribution in [0.2, 0.25) is 0 Å². The Bertz CT molecular complexity index is 610. The van der Waals surface area contributed by atoms with Gasteiger partial charge in [0.15, 0.2) is 0 Å².